The zero-order valence-corrected chi connectivity index (χ0v) is 13.7. The molecule has 4 nitrogen and oxygen atoms in total. The van der Waals surface area contributed by atoms with Gasteiger partial charge in [-0.2, -0.15) is 0 Å². The van der Waals surface area contributed by atoms with Crippen molar-refractivity contribution in [1.29, 1.82) is 0 Å². The maximum Gasteiger partial charge on any atom is 0.0454 e. The number of anilines is 2. The summed E-state index contributed by atoms with van der Waals surface area (Å²) in [4.78, 5) is 0. The number of rotatable bonds is 10. The molecule has 0 fully saturated rings. The SMILES string of the molecule is Nc1ccc(CCCNCNCCCc2ccc(N)cc2)cc1. The molecule has 0 aliphatic heterocycles. The number of nitrogen functional groups attached to an aromatic ring is 2. The van der Waals surface area contributed by atoms with Gasteiger partial charge in [0.25, 0.3) is 0 Å². The summed E-state index contributed by atoms with van der Waals surface area (Å²) < 4.78 is 0. The summed E-state index contributed by atoms with van der Waals surface area (Å²) in [6, 6.07) is 16.3. The van der Waals surface area contributed by atoms with E-state index in [9.17, 15) is 0 Å². The van der Waals surface area contributed by atoms with E-state index in [2.05, 4.69) is 34.9 Å². The third kappa shape index (κ3) is 7.17. The van der Waals surface area contributed by atoms with Crippen molar-refractivity contribution in [3.8, 4) is 0 Å². The molecule has 0 aliphatic rings. The summed E-state index contributed by atoms with van der Waals surface area (Å²) in [7, 11) is 0. The molecule has 2 rings (SSSR count). The molecule has 0 saturated heterocycles. The lowest BCUT2D eigenvalue weighted by molar-refractivity contribution is 0.558. The Hall–Kier alpha value is -2.04. The second kappa shape index (κ2) is 9.87. The van der Waals surface area contributed by atoms with Crippen LogP contribution in [-0.4, -0.2) is 19.8 Å². The van der Waals surface area contributed by atoms with Crippen LogP contribution in [0.3, 0.4) is 0 Å². The topological polar surface area (TPSA) is 76.1 Å². The number of hydrogen-bond donors (Lipinski definition) is 4. The van der Waals surface area contributed by atoms with Crippen LogP contribution < -0.4 is 22.1 Å². The maximum absolute atomic E-state index is 5.68. The summed E-state index contributed by atoms with van der Waals surface area (Å²) in [5, 5.41) is 6.84. The molecule has 23 heavy (non-hydrogen) atoms. The van der Waals surface area contributed by atoms with E-state index < -0.39 is 0 Å². The van der Waals surface area contributed by atoms with Crippen molar-refractivity contribution >= 4 is 11.4 Å². The quantitative estimate of drug-likeness (QED) is 0.309. The van der Waals surface area contributed by atoms with E-state index in [1.54, 1.807) is 0 Å². The van der Waals surface area contributed by atoms with E-state index in [1.165, 1.54) is 11.1 Å². The van der Waals surface area contributed by atoms with Gasteiger partial charge in [-0.1, -0.05) is 24.3 Å². The first-order valence-corrected chi connectivity index (χ1v) is 8.34. The van der Waals surface area contributed by atoms with Crippen LogP contribution >= 0.6 is 0 Å². The number of nitrogens with two attached hydrogens (primary N) is 2. The Morgan fingerprint density at radius 1 is 0.609 bits per heavy atom. The van der Waals surface area contributed by atoms with Crippen LogP contribution in [0.1, 0.15) is 24.0 Å². The smallest absolute Gasteiger partial charge is 0.0454 e. The van der Waals surface area contributed by atoms with Crippen molar-refractivity contribution in [1.82, 2.24) is 10.6 Å². The van der Waals surface area contributed by atoms with Gasteiger partial charge in [-0.3, -0.25) is 0 Å². The Kier molecular flexibility index (Phi) is 7.43. The summed E-state index contributed by atoms with van der Waals surface area (Å²) in [6.07, 6.45) is 4.45. The first kappa shape index (κ1) is 17.3. The Morgan fingerprint density at radius 2 is 1.00 bits per heavy atom. The highest BCUT2D eigenvalue weighted by Gasteiger charge is 1.95. The van der Waals surface area contributed by atoms with E-state index in [4.69, 9.17) is 11.5 Å². The third-order valence-corrected chi connectivity index (χ3v) is 3.85. The molecule has 2 aromatic rings. The highest BCUT2D eigenvalue weighted by atomic mass is 15.0. The van der Waals surface area contributed by atoms with Crippen molar-refractivity contribution in [2.75, 3.05) is 31.2 Å². The van der Waals surface area contributed by atoms with Crippen LogP contribution in [0.15, 0.2) is 48.5 Å². The minimum Gasteiger partial charge on any atom is -0.399 e. The Labute approximate surface area is 139 Å². The molecule has 124 valence electrons. The summed E-state index contributed by atoms with van der Waals surface area (Å²) in [5.41, 5.74) is 15.7. The molecule has 2 aromatic carbocycles. The maximum atomic E-state index is 5.68. The second-order valence-corrected chi connectivity index (χ2v) is 5.87. The van der Waals surface area contributed by atoms with Crippen molar-refractivity contribution in [2.45, 2.75) is 25.7 Å². The molecule has 4 heteroatoms. The molecule has 0 radical (unpaired) electrons. The predicted octanol–water partition coefficient (Wildman–Crippen LogP) is 2.55. The van der Waals surface area contributed by atoms with Gasteiger partial charge in [-0.15, -0.1) is 0 Å². The van der Waals surface area contributed by atoms with Crippen LogP contribution in [0.2, 0.25) is 0 Å². The van der Waals surface area contributed by atoms with E-state index in [-0.39, 0.29) is 0 Å². The minimum absolute atomic E-state index is 0.829. The van der Waals surface area contributed by atoms with Gasteiger partial charge in [-0.05, 0) is 74.2 Å². The average molecular weight is 312 g/mol. The van der Waals surface area contributed by atoms with Gasteiger partial charge in [0.15, 0.2) is 0 Å². The lowest BCUT2D eigenvalue weighted by Gasteiger charge is -2.07. The van der Waals surface area contributed by atoms with Crippen molar-refractivity contribution in [3.05, 3.63) is 59.7 Å². The predicted molar refractivity (Wildman–Crippen MR) is 99.2 cm³/mol. The third-order valence-electron chi connectivity index (χ3n) is 3.85. The first-order valence-electron chi connectivity index (χ1n) is 8.34. The molecule has 0 spiro atoms. The van der Waals surface area contributed by atoms with Crippen LogP contribution in [0, 0.1) is 0 Å². The standard InChI is InChI=1S/C19H28N4/c20-18-9-5-16(6-10-18)3-1-13-22-15-23-14-2-4-17-7-11-19(21)12-8-17/h5-12,22-23H,1-4,13-15,20-21H2. The van der Waals surface area contributed by atoms with E-state index >= 15 is 0 Å². The van der Waals surface area contributed by atoms with Crippen LogP contribution in [0.25, 0.3) is 0 Å². The van der Waals surface area contributed by atoms with Gasteiger partial charge >= 0.3 is 0 Å². The summed E-state index contributed by atoms with van der Waals surface area (Å²) >= 11 is 0. The van der Waals surface area contributed by atoms with Gasteiger partial charge in [0.2, 0.25) is 0 Å². The largest absolute Gasteiger partial charge is 0.399 e. The fraction of sp³-hybridized carbons (Fsp3) is 0.368. The molecular weight excluding hydrogens is 284 g/mol. The van der Waals surface area contributed by atoms with Crippen LogP contribution in [0.5, 0.6) is 0 Å². The Morgan fingerprint density at radius 3 is 1.39 bits per heavy atom. The zero-order chi connectivity index (χ0) is 16.3. The molecule has 0 unspecified atom stereocenters. The molecular formula is C19H28N4. The fourth-order valence-corrected chi connectivity index (χ4v) is 2.47. The normalized spacial score (nSPS) is 10.8. The minimum atomic E-state index is 0.829. The molecule has 0 saturated carbocycles. The summed E-state index contributed by atoms with van der Waals surface area (Å²) in [6.45, 7) is 2.91. The zero-order valence-electron chi connectivity index (χ0n) is 13.7. The van der Waals surface area contributed by atoms with Crippen molar-refractivity contribution < 1.29 is 0 Å². The van der Waals surface area contributed by atoms with E-state index in [0.717, 1.165) is 56.8 Å². The lowest BCUT2D eigenvalue weighted by Crippen LogP contribution is -2.30. The van der Waals surface area contributed by atoms with Gasteiger partial charge in [0, 0.05) is 18.0 Å². The molecule has 0 heterocycles. The Bertz CT molecular complexity index is 497. The number of aryl methyl sites for hydroxylation is 2. The van der Waals surface area contributed by atoms with Gasteiger partial charge in [0.1, 0.15) is 0 Å². The highest BCUT2D eigenvalue weighted by Crippen LogP contribution is 2.08. The molecule has 0 aliphatic carbocycles. The number of hydrogen-bond acceptors (Lipinski definition) is 4. The van der Waals surface area contributed by atoms with Crippen LogP contribution in [-0.2, 0) is 12.8 Å². The van der Waals surface area contributed by atoms with E-state index in [1.807, 2.05) is 24.3 Å². The van der Waals surface area contributed by atoms with Gasteiger partial charge in [0.05, 0.1) is 0 Å². The lowest BCUT2D eigenvalue weighted by atomic mass is 10.1. The van der Waals surface area contributed by atoms with Crippen LogP contribution in [0.4, 0.5) is 11.4 Å². The van der Waals surface area contributed by atoms with E-state index in [0.29, 0.717) is 0 Å². The van der Waals surface area contributed by atoms with Crippen molar-refractivity contribution in [2.24, 2.45) is 0 Å². The Balaban J connectivity index is 1.43. The first-order chi connectivity index (χ1) is 11.2. The summed E-state index contributed by atoms with van der Waals surface area (Å²) in [5.74, 6) is 0. The average Bonchev–Trinajstić information content (AvgIpc) is 2.56. The highest BCUT2D eigenvalue weighted by molar-refractivity contribution is 5.39. The molecule has 0 bridgehead atoms. The fourth-order valence-electron chi connectivity index (χ4n) is 2.47. The monoisotopic (exact) mass is 312 g/mol. The molecule has 0 aromatic heterocycles. The molecule has 0 atom stereocenters. The molecule has 6 N–H and O–H groups in total. The number of benzene rings is 2. The second-order valence-electron chi connectivity index (χ2n) is 5.87. The molecule has 0 amide bonds. The number of nitrogens with one attached hydrogen (secondary N) is 2. The van der Waals surface area contributed by atoms with Crippen molar-refractivity contribution in [3.63, 3.8) is 0 Å². The van der Waals surface area contributed by atoms with Gasteiger partial charge in [-0.25, -0.2) is 0 Å². The van der Waals surface area contributed by atoms with Gasteiger partial charge < -0.3 is 22.1 Å².